The van der Waals surface area contributed by atoms with Crippen LogP contribution in [0.2, 0.25) is 0 Å². The van der Waals surface area contributed by atoms with E-state index in [1.54, 1.807) is 13.8 Å². The number of phenols is 1. The molecule has 1 rings (SSSR count). The van der Waals surface area contributed by atoms with Gasteiger partial charge in [-0.2, -0.15) is 0 Å². The summed E-state index contributed by atoms with van der Waals surface area (Å²) < 4.78 is 0. The minimum Gasteiger partial charge on any atom is -0.508 e. The average Bonchev–Trinajstić information content (AvgIpc) is 3.00. The molecule has 0 fully saturated rings. The fraction of sp³-hybridized carbons (Fsp3) is 0.567. The lowest BCUT2D eigenvalue weighted by Gasteiger charge is -2.27. The van der Waals surface area contributed by atoms with Crippen LogP contribution in [0.1, 0.15) is 57.9 Å². The number of carbonyl (C=O) groups excluding carboxylic acids is 4. The Labute approximate surface area is 278 Å². The van der Waals surface area contributed by atoms with Crippen LogP contribution in [0.25, 0.3) is 0 Å². The molecule has 5 unspecified atom stereocenters. The zero-order valence-electron chi connectivity index (χ0n) is 27.2. The highest BCUT2D eigenvalue weighted by Crippen LogP contribution is 2.13. The number of benzene rings is 1. The Morgan fingerprint density at radius 1 is 0.771 bits per heavy atom. The maximum Gasteiger partial charge on any atom is 0.326 e. The summed E-state index contributed by atoms with van der Waals surface area (Å²) in [5.74, 6) is -6.79. The standard InChI is InChI=1S/C30H49N9O9/c1-16(2)24(29(47)48)39-28(46)21(14-17-8-10-18(40)11-9-17)38-26(44)20(7-3-4-12-31)36-27(45)22(15-23(41)42)37-25(43)19(32)6-5-13-35-30(33)34/h8-11,16,19-22,24,40H,3-7,12-15,31-32H2,1-2H3,(H,36,45)(H,37,43)(H,38,44)(H,39,46)(H,41,42)(H,47,48)(H4,33,34,35). The molecule has 0 spiro atoms. The topological polar surface area (TPSA) is 328 Å². The van der Waals surface area contributed by atoms with Gasteiger partial charge >= 0.3 is 11.9 Å². The van der Waals surface area contributed by atoms with Gasteiger partial charge in [0.1, 0.15) is 29.9 Å². The van der Waals surface area contributed by atoms with E-state index in [4.69, 9.17) is 22.9 Å². The third kappa shape index (κ3) is 15.5. The Hall–Kier alpha value is -4.97. The average molecular weight is 680 g/mol. The molecular weight excluding hydrogens is 630 g/mol. The van der Waals surface area contributed by atoms with E-state index in [-0.39, 0.29) is 44.1 Å². The van der Waals surface area contributed by atoms with Crippen LogP contribution in [-0.4, -0.2) is 100 Å². The second kappa shape index (κ2) is 21.0. The van der Waals surface area contributed by atoms with Crippen molar-refractivity contribution >= 4 is 41.5 Å². The number of aliphatic carboxylic acids is 2. The number of nitrogens with one attached hydrogen (secondary N) is 4. The van der Waals surface area contributed by atoms with E-state index in [0.29, 0.717) is 24.8 Å². The van der Waals surface area contributed by atoms with Crippen molar-refractivity contribution in [2.75, 3.05) is 13.1 Å². The zero-order valence-corrected chi connectivity index (χ0v) is 27.2. The molecule has 0 saturated carbocycles. The van der Waals surface area contributed by atoms with Gasteiger partial charge in [-0.1, -0.05) is 26.0 Å². The molecule has 268 valence electrons. The number of phenolic OH excluding ortho intramolecular Hbond substituents is 1. The summed E-state index contributed by atoms with van der Waals surface area (Å²) in [4.78, 5) is 80.1. The molecule has 4 amide bonds. The van der Waals surface area contributed by atoms with Crippen molar-refractivity contribution in [3.8, 4) is 5.75 Å². The molecule has 0 saturated heterocycles. The largest absolute Gasteiger partial charge is 0.508 e. The Balaban J connectivity index is 3.23. The first kappa shape index (κ1) is 41.1. The third-order valence-electron chi connectivity index (χ3n) is 7.14. The van der Waals surface area contributed by atoms with Crippen molar-refractivity contribution in [2.45, 2.75) is 89.0 Å². The second-order valence-electron chi connectivity index (χ2n) is 11.6. The van der Waals surface area contributed by atoms with Gasteiger partial charge < -0.3 is 59.5 Å². The van der Waals surface area contributed by atoms with Crippen LogP contribution < -0.4 is 44.2 Å². The van der Waals surface area contributed by atoms with Crippen molar-refractivity contribution in [3.63, 3.8) is 0 Å². The molecule has 0 aliphatic rings. The molecule has 0 bridgehead atoms. The van der Waals surface area contributed by atoms with Gasteiger partial charge in [0.2, 0.25) is 23.6 Å². The maximum atomic E-state index is 13.6. The number of hydrogen-bond donors (Lipinski definition) is 11. The van der Waals surface area contributed by atoms with Gasteiger partial charge in [-0.15, -0.1) is 0 Å². The van der Waals surface area contributed by atoms with Gasteiger partial charge in [-0.05, 0) is 62.3 Å². The minimum absolute atomic E-state index is 0.0319. The van der Waals surface area contributed by atoms with Crippen molar-refractivity contribution in [1.29, 1.82) is 0 Å². The van der Waals surface area contributed by atoms with Crippen molar-refractivity contribution in [2.24, 2.45) is 33.8 Å². The lowest BCUT2D eigenvalue weighted by molar-refractivity contribution is -0.143. The summed E-state index contributed by atoms with van der Waals surface area (Å²) in [5, 5.41) is 38.4. The van der Waals surface area contributed by atoms with Crippen LogP contribution in [-0.2, 0) is 35.2 Å². The van der Waals surface area contributed by atoms with Crippen molar-refractivity contribution in [3.05, 3.63) is 29.8 Å². The molecule has 1 aromatic carbocycles. The number of carboxylic acid groups (broad SMARTS) is 2. The number of hydrogen-bond acceptors (Lipinski definition) is 10. The number of rotatable bonds is 22. The highest BCUT2D eigenvalue weighted by molar-refractivity contribution is 5.96. The lowest BCUT2D eigenvalue weighted by Crippen LogP contribution is -2.59. The molecule has 0 heterocycles. The van der Waals surface area contributed by atoms with Crippen LogP contribution in [0.5, 0.6) is 5.75 Å². The predicted molar refractivity (Wildman–Crippen MR) is 175 cm³/mol. The number of nitrogens with zero attached hydrogens (tertiary/aromatic N) is 1. The second-order valence-corrected chi connectivity index (χ2v) is 11.6. The number of carboxylic acids is 2. The maximum absolute atomic E-state index is 13.6. The normalized spacial score (nSPS) is 14.0. The molecule has 18 nitrogen and oxygen atoms in total. The zero-order chi connectivity index (χ0) is 36.4. The van der Waals surface area contributed by atoms with E-state index >= 15 is 0 Å². The Morgan fingerprint density at radius 2 is 1.33 bits per heavy atom. The number of guanidine groups is 1. The first-order valence-electron chi connectivity index (χ1n) is 15.5. The molecule has 0 aliphatic heterocycles. The van der Waals surface area contributed by atoms with E-state index in [2.05, 4.69) is 26.3 Å². The van der Waals surface area contributed by atoms with Gasteiger partial charge in [0.25, 0.3) is 0 Å². The van der Waals surface area contributed by atoms with Gasteiger partial charge in [0, 0.05) is 13.0 Å². The molecule has 15 N–H and O–H groups in total. The molecule has 0 aliphatic carbocycles. The van der Waals surface area contributed by atoms with Crippen LogP contribution in [0.4, 0.5) is 0 Å². The van der Waals surface area contributed by atoms with Crippen LogP contribution in [0.3, 0.4) is 0 Å². The quantitative estimate of drug-likeness (QED) is 0.0346. The number of unbranched alkanes of at least 4 members (excludes halogenated alkanes) is 1. The smallest absolute Gasteiger partial charge is 0.326 e. The molecule has 0 aromatic heterocycles. The van der Waals surface area contributed by atoms with Gasteiger partial charge in [0.05, 0.1) is 12.5 Å². The number of carbonyl (C=O) groups is 6. The molecule has 0 radical (unpaired) electrons. The molecule has 1 aromatic rings. The summed E-state index contributed by atoms with van der Waals surface area (Å²) in [5.41, 5.74) is 22.6. The summed E-state index contributed by atoms with van der Waals surface area (Å²) in [6.07, 6.45) is 0.374. The first-order chi connectivity index (χ1) is 22.5. The van der Waals surface area contributed by atoms with Crippen LogP contribution in [0, 0.1) is 5.92 Å². The molecular formula is C30H49N9O9. The molecule has 18 heteroatoms. The van der Waals surface area contributed by atoms with Gasteiger partial charge in [-0.3, -0.25) is 29.0 Å². The van der Waals surface area contributed by atoms with E-state index in [1.165, 1.54) is 24.3 Å². The van der Waals surface area contributed by atoms with Crippen LogP contribution >= 0.6 is 0 Å². The number of aliphatic imine (C=N–C) groups is 1. The van der Waals surface area contributed by atoms with E-state index < -0.39 is 78.1 Å². The number of amides is 4. The number of aromatic hydroxyl groups is 1. The Kier molecular flexibility index (Phi) is 18.0. The SMILES string of the molecule is CC(C)C(NC(=O)C(Cc1ccc(O)cc1)NC(=O)C(CCCCN)NC(=O)C(CC(=O)O)NC(=O)C(N)CCCN=C(N)N)C(=O)O. The summed E-state index contributed by atoms with van der Waals surface area (Å²) in [6.45, 7) is 3.67. The number of nitrogens with two attached hydrogens (primary N) is 4. The van der Waals surface area contributed by atoms with Crippen LogP contribution in [0.15, 0.2) is 29.3 Å². The fourth-order valence-corrected chi connectivity index (χ4v) is 4.46. The molecule has 48 heavy (non-hydrogen) atoms. The highest BCUT2D eigenvalue weighted by atomic mass is 16.4. The Bertz CT molecular complexity index is 1270. The van der Waals surface area contributed by atoms with Crippen molar-refractivity contribution in [1.82, 2.24) is 21.3 Å². The highest BCUT2D eigenvalue weighted by Gasteiger charge is 2.33. The van der Waals surface area contributed by atoms with E-state index in [9.17, 15) is 44.1 Å². The predicted octanol–water partition coefficient (Wildman–Crippen LogP) is -2.40. The lowest BCUT2D eigenvalue weighted by atomic mass is 10.0. The summed E-state index contributed by atoms with van der Waals surface area (Å²) >= 11 is 0. The molecule has 5 atom stereocenters. The van der Waals surface area contributed by atoms with Gasteiger partial charge in [0.15, 0.2) is 5.96 Å². The van der Waals surface area contributed by atoms with Crippen molar-refractivity contribution < 1.29 is 44.1 Å². The third-order valence-corrected chi connectivity index (χ3v) is 7.14. The fourth-order valence-electron chi connectivity index (χ4n) is 4.46. The van der Waals surface area contributed by atoms with Gasteiger partial charge in [-0.25, -0.2) is 4.79 Å². The van der Waals surface area contributed by atoms with E-state index in [1.807, 2.05) is 0 Å². The minimum atomic E-state index is -1.61. The summed E-state index contributed by atoms with van der Waals surface area (Å²) in [6, 6.07) is -0.826. The summed E-state index contributed by atoms with van der Waals surface area (Å²) in [7, 11) is 0. The monoisotopic (exact) mass is 679 g/mol. The van der Waals surface area contributed by atoms with E-state index in [0.717, 1.165) is 0 Å². The first-order valence-corrected chi connectivity index (χ1v) is 15.5. The Morgan fingerprint density at radius 3 is 1.88 bits per heavy atom.